The molecule has 3 unspecified atom stereocenters. The van der Waals surface area contributed by atoms with E-state index in [2.05, 4.69) is 71.3 Å². The highest BCUT2D eigenvalue weighted by Crippen LogP contribution is 2.38. The summed E-state index contributed by atoms with van der Waals surface area (Å²) in [5.74, 6) is -1.33. The zero-order chi connectivity index (χ0) is 32.9. The number of hydrogen-bond acceptors (Lipinski definition) is 9. The van der Waals surface area contributed by atoms with Crippen LogP contribution in [0, 0.1) is 17.3 Å². The molecule has 2 saturated heterocycles. The molecule has 0 bridgehead atoms. The lowest BCUT2D eigenvalue weighted by Crippen LogP contribution is -2.66. The Labute approximate surface area is 260 Å². The molecule has 42 heavy (non-hydrogen) atoms. The Morgan fingerprint density at radius 3 is 1.55 bits per heavy atom. The van der Waals surface area contributed by atoms with Gasteiger partial charge in [0.25, 0.3) is 0 Å². The van der Waals surface area contributed by atoms with Crippen LogP contribution in [0.2, 0.25) is 51.4 Å². The van der Waals surface area contributed by atoms with Crippen LogP contribution in [-0.2, 0) is 40.3 Å². The fraction of sp³-hybridized carbons (Fsp3) is 0.897. The van der Waals surface area contributed by atoms with Gasteiger partial charge in [0.2, 0.25) is 0 Å². The van der Waals surface area contributed by atoms with Crippen molar-refractivity contribution in [2.45, 2.75) is 151 Å². The van der Waals surface area contributed by atoms with Crippen LogP contribution in [-0.4, -0.2) is 57.8 Å². The summed E-state index contributed by atoms with van der Waals surface area (Å²) in [7, 11) is -8.80. The van der Waals surface area contributed by atoms with Gasteiger partial charge in [-0.25, -0.2) is 0 Å². The molecule has 0 spiro atoms. The lowest BCUT2D eigenvalue weighted by molar-refractivity contribution is -0.168. The third kappa shape index (κ3) is 11.7. The third-order valence-electron chi connectivity index (χ3n) is 8.52. The van der Waals surface area contributed by atoms with Crippen molar-refractivity contribution in [2.24, 2.45) is 17.3 Å². The van der Waals surface area contributed by atoms with E-state index in [0.717, 1.165) is 25.7 Å². The van der Waals surface area contributed by atoms with Crippen LogP contribution in [0.5, 0.6) is 0 Å². The molecule has 2 aliphatic heterocycles. The maximum absolute atomic E-state index is 11.8. The van der Waals surface area contributed by atoms with E-state index in [4.69, 9.17) is 21.2 Å². The van der Waals surface area contributed by atoms with Crippen molar-refractivity contribution in [3.05, 3.63) is 0 Å². The maximum Gasteiger partial charge on any atom is 0.320 e. The summed E-state index contributed by atoms with van der Waals surface area (Å²) in [6, 6.07) is 0. The van der Waals surface area contributed by atoms with E-state index in [9.17, 15) is 14.4 Å². The molecule has 3 rings (SSSR count). The molecular formula is C29H60O9Si4. The lowest BCUT2D eigenvalue weighted by Gasteiger charge is -2.49. The molecule has 2 heterocycles. The van der Waals surface area contributed by atoms with Crippen molar-refractivity contribution < 1.29 is 40.3 Å². The van der Waals surface area contributed by atoms with Crippen LogP contribution in [0.1, 0.15) is 93.9 Å². The fourth-order valence-corrected chi connectivity index (χ4v) is 27.0. The monoisotopic (exact) mass is 664 g/mol. The van der Waals surface area contributed by atoms with E-state index in [-0.39, 0.29) is 28.8 Å². The van der Waals surface area contributed by atoms with Crippen molar-refractivity contribution in [1.82, 2.24) is 0 Å². The van der Waals surface area contributed by atoms with Crippen LogP contribution < -0.4 is 0 Å². The Hall–Kier alpha value is -0.682. The van der Waals surface area contributed by atoms with E-state index >= 15 is 0 Å². The molecule has 9 nitrogen and oxygen atoms in total. The van der Waals surface area contributed by atoms with E-state index in [1.54, 1.807) is 13.8 Å². The minimum absolute atomic E-state index is 0.0376. The Bertz CT molecular complexity index is 905. The lowest BCUT2D eigenvalue weighted by atomic mass is 9.90. The van der Waals surface area contributed by atoms with Crippen molar-refractivity contribution in [2.75, 3.05) is 0 Å². The molecule has 3 aliphatic rings. The van der Waals surface area contributed by atoms with Gasteiger partial charge in [-0.05, 0) is 104 Å². The van der Waals surface area contributed by atoms with Gasteiger partial charge in [-0.15, -0.1) is 0 Å². The topological polar surface area (TPSA) is 107 Å². The number of ether oxygens (including phenoxy) is 2. The third-order valence-corrected chi connectivity index (χ3v) is 25.8. The van der Waals surface area contributed by atoms with Crippen molar-refractivity contribution >= 4 is 52.2 Å². The van der Waals surface area contributed by atoms with Crippen LogP contribution in [0.25, 0.3) is 0 Å². The van der Waals surface area contributed by atoms with Gasteiger partial charge in [0.1, 0.15) is 5.60 Å². The summed E-state index contributed by atoms with van der Waals surface area (Å²) in [5, 5.41) is 0. The number of hydrogen-bond donors (Lipinski definition) is 0. The number of esters is 3. The van der Waals surface area contributed by atoms with E-state index in [1.165, 1.54) is 12.8 Å². The van der Waals surface area contributed by atoms with Gasteiger partial charge in [-0.3, -0.25) is 14.4 Å². The normalized spacial score (nSPS) is 28.1. The first kappa shape index (κ1) is 39.3. The first-order chi connectivity index (χ1) is 18.8. The minimum Gasteiger partial charge on any atom is -0.459 e. The Kier molecular flexibility index (Phi) is 13.7. The molecular weight excluding hydrogens is 605 g/mol. The summed E-state index contributed by atoms with van der Waals surface area (Å²) in [4.78, 5) is 32.9. The van der Waals surface area contributed by atoms with Gasteiger partial charge in [0.15, 0.2) is 0 Å². The summed E-state index contributed by atoms with van der Waals surface area (Å²) in [6.07, 6.45) is 6.34. The van der Waals surface area contributed by atoms with Crippen molar-refractivity contribution in [3.63, 3.8) is 0 Å². The summed E-state index contributed by atoms with van der Waals surface area (Å²) in [5.41, 5.74) is -0.0593. The quantitative estimate of drug-likeness (QED) is 0.166. The van der Waals surface area contributed by atoms with Crippen molar-refractivity contribution in [1.29, 1.82) is 0 Å². The van der Waals surface area contributed by atoms with Gasteiger partial charge in [0.05, 0.1) is 17.3 Å². The fourth-order valence-electron chi connectivity index (χ4n) is 5.24. The summed E-state index contributed by atoms with van der Waals surface area (Å²) >= 11 is 0. The zero-order valence-electron chi connectivity index (χ0n) is 29.1. The number of carbonyl (C=O) groups is 3. The molecule has 1 saturated carbocycles. The number of carbonyl (C=O) groups excluding carboxylic acids is 3. The molecule has 0 aromatic rings. The standard InChI is InChI=1S/C12H22O2.C11H30O4Si4.C6H8O3/c1-5-11(2,3)10(13)14-12(4)8-6-7-9-12;1-10-11(2)19(9)14-17(5,6)12-16(3,4)13-18(7,8)15-19;1-3-4(2)6(8)9-5(3)7/h5-9H2,1-4H3;11H,10H2,1-9H3;3-4H,1-2H3. The Morgan fingerprint density at radius 1 is 0.857 bits per heavy atom. The highest BCUT2D eigenvalue weighted by Gasteiger charge is 2.54. The van der Waals surface area contributed by atoms with Crippen LogP contribution >= 0.6 is 0 Å². The summed E-state index contributed by atoms with van der Waals surface area (Å²) < 4.78 is 35.6. The molecule has 0 amide bonds. The highest BCUT2D eigenvalue weighted by molar-refractivity contribution is 6.93. The summed E-state index contributed by atoms with van der Waals surface area (Å²) in [6.45, 7) is 30.6. The average Bonchev–Trinajstić information content (AvgIpc) is 3.34. The predicted octanol–water partition coefficient (Wildman–Crippen LogP) is 7.68. The Balaban J connectivity index is 0.000000336. The smallest absolute Gasteiger partial charge is 0.320 e. The molecule has 0 N–H and O–H groups in total. The molecule has 0 aromatic heterocycles. The van der Waals surface area contributed by atoms with E-state index in [1.807, 2.05) is 20.8 Å². The van der Waals surface area contributed by atoms with E-state index in [0.29, 0.717) is 5.54 Å². The predicted molar refractivity (Wildman–Crippen MR) is 175 cm³/mol. The largest absolute Gasteiger partial charge is 0.459 e. The zero-order valence-corrected chi connectivity index (χ0v) is 33.1. The van der Waals surface area contributed by atoms with Gasteiger partial charge in [-0.1, -0.05) is 41.0 Å². The second-order valence-electron chi connectivity index (χ2n) is 14.5. The number of cyclic esters (lactones) is 2. The minimum atomic E-state index is -2.26. The SMILES string of the molecule is CC1C(=O)OC(=O)C1C.CCC(C)(C)C(=O)OC1(C)CCCC1.CCC(C)[Si]1(C)O[Si](C)(C)O[Si](C)(C)O[Si](C)(C)O1. The Morgan fingerprint density at radius 2 is 1.24 bits per heavy atom. The van der Waals surface area contributed by atoms with E-state index < -0.39 is 46.2 Å². The second kappa shape index (κ2) is 14.6. The molecule has 3 fully saturated rings. The van der Waals surface area contributed by atoms with Gasteiger partial charge in [0, 0.05) is 0 Å². The molecule has 246 valence electrons. The first-order valence-electron chi connectivity index (χ1n) is 15.6. The van der Waals surface area contributed by atoms with Gasteiger partial charge < -0.3 is 25.9 Å². The molecule has 1 aliphatic carbocycles. The average molecular weight is 665 g/mol. The van der Waals surface area contributed by atoms with Gasteiger partial charge in [-0.2, -0.15) is 0 Å². The first-order valence-corrected chi connectivity index (χ1v) is 26.5. The maximum atomic E-state index is 11.8. The van der Waals surface area contributed by atoms with Crippen molar-refractivity contribution in [3.8, 4) is 0 Å². The molecule has 13 heteroatoms. The van der Waals surface area contributed by atoms with Crippen LogP contribution in [0.4, 0.5) is 0 Å². The molecule has 0 radical (unpaired) electrons. The highest BCUT2D eigenvalue weighted by atomic mass is 28.5. The van der Waals surface area contributed by atoms with Gasteiger partial charge >= 0.3 is 52.2 Å². The second-order valence-corrected chi connectivity index (χ2v) is 29.2. The number of rotatable bonds is 5. The molecule has 3 atom stereocenters. The van der Waals surface area contributed by atoms with Crippen LogP contribution in [0.15, 0.2) is 0 Å². The molecule has 0 aromatic carbocycles. The van der Waals surface area contributed by atoms with Crippen LogP contribution in [0.3, 0.4) is 0 Å².